The third kappa shape index (κ3) is 1.86. The van der Waals surface area contributed by atoms with Crippen LogP contribution in [0.25, 0.3) is 5.57 Å². The van der Waals surface area contributed by atoms with Gasteiger partial charge < -0.3 is 4.74 Å². The highest BCUT2D eigenvalue weighted by Crippen LogP contribution is 2.28. The Morgan fingerprint density at radius 3 is 2.38 bits per heavy atom. The second kappa shape index (κ2) is 3.75. The molecule has 0 radical (unpaired) electrons. The highest BCUT2D eigenvalue weighted by Gasteiger charge is 2.33. The zero-order chi connectivity index (χ0) is 11.8. The molecule has 1 aromatic carbocycles. The lowest BCUT2D eigenvalue weighted by molar-refractivity contribution is -0.135. The van der Waals surface area contributed by atoms with E-state index in [2.05, 4.69) is 0 Å². The van der Waals surface area contributed by atoms with Gasteiger partial charge in [0.05, 0.1) is 0 Å². The first kappa shape index (κ1) is 10.9. The molecule has 1 aliphatic rings. The van der Waals surface area contributed by atoms with Crippen molar-refractivity contribution in [1.82, 2.24) is 0 Å². The molecule has 4 nitrogen and oxygen atoms in total. The molecule has 0 aromatic heterocycles. The molecule has 0 unspecified atom stereocenters. The van der Waals surface area contributed by atoms with Gasteiger partial charge in [0.2, 0.25) is 0 Å². The highest BCUT2D eigenvalue weighted by atomic mass is 32.2. The van der Waals surface area contributed by atoms with Gasteiger partial charge in [-0.15, -0.1) is 0 Å². The van der Waals surface area contributed by atoms with E-state index in [1.165, 1.54) is 0 Å². The van der Waals surface area contributed by atoms with Gasteiger partial charge in [0, 0.05) is 11.8 Å². The van der Waals surface area contributed by atoms with Crippen molar-refractivity contribution in [2.75, 3.05) is 12.9 Å². The molecule has 1 heterocycles. The van der Waals surface area contributed by atoms with Crippen molar-refractivity contribution in [3.05, 3.63) is 40.8 Å². The smallest absolute Gasteiger partial charge is 0.350 e. The Bertz CT molecular complexity index is 555. The number of hydrogen-bond acceptors (Lipinski definition) is 4. The molecule has 5 heteroatoms. The summed E-state index contributed by atoms with van der Waals surface area (Å²) in [5.74, 6) is -0.763. The SMILES string of the molecule is CS(=O)(=O)C1=C(c2ccccc2)COC1=O. The molecule has 16 heavy (non-hydrogen) atoms. The lowest BCUT2D eigenvalue weighted by atomic mass is 10.1. The van der Waals surface area contributed by atoms with E-state index in [1.54, 1.807) is 24.3 Å². The lowest BCUT2D eigenvalue weighted by Crippen LogP contribution is -2.09. The minimum atomic E-state index is -3.54. The van der Waals surface area contributed by atoms with Crippen molar-refractivity contribution in [1.29, 1.82) is 0 Å². The van der Waals surface area contributed by atoms with E-state index in [0.29, 0.717) is 11.1 Å². The van der Waals surface area contributed by atoms with Gasteiger partial charge in [0.25, 0.3) is 0 Å². The topological polar surface area (TPSA) is 60.4 Å². The van der Waals surface area contributed by atoms with Crippen LogP contribution in [-0.2, 0) is 19.4 Å². The lowest BCUT2D eigenvalue weighted by Gasteiger charge is -2.01. The molecule has 0 spiro atoms. The maximum absolute atomic E-state index is 11.5. The van der Waals surface area contributed by atoms with Crippen LogP contribution in [-0.4, -0.2) is 27.2 Å². The molecule has 0 fully saturated rings. The van der Waals surface area contributed by atoms with E-state index in [4.69, 9.17) is 4.74 Å². The van der Waals surface area contributed by atoms with Gasteiger partial charge in [-0.05, 0) is 5.56 Å². The van der Waals surface area contributed by atoms with Crippen LogP contribution in [0.5, 0.6) is 0 Å². The molecule has 84 valence electrons. The van der Waals surface area contributed by atoms with E-state index in [0.717, 1.165) is 6.26 Å². The molecule has 0 bridgehead atoms. The first-order chi connectivity index (χ1) is 7.50. The molecule has 0 saturated carbocycles. The van der Waals surface area contributed by atoms with E-state index >= 15 is 0 Å². The number of esters is 1. The first-order valence-corrected chi connectivity index (χ1v) is 6.55. The summed E-state index contributed by atoms with van der Waals surface area (Å²) < 4.78 is 27.7. The van der Waals surface area contributed by atoms with Crippen molar-refractivity contribution in [2.24, 2.45) is 0 Å². The molecule has 1 aliphatic heterocycles. The standard InChI is InChI=1S/C11H10O4S/c1-16(13,14)10-9(7-15-11(10)12)8-5-3-2-4-6-8/h2-6H,7H2,1H3. The van der Waals surface area contributed by atoms with Crippen LogP contribution in [0.2, 0.25) is 0 Å². The van der Waals surface area contributed by atoms with Crippen LogP contribution < -0.4 is 0 Å². The molecule has 1 aromatic rings. The minimum absolute atomic E-state index is 0.0191. The van der Waals surface area contributed by atoms with E-state index < -0.39 is 15.8 Å². The van der Waals surface area contributed by atoms with Gasteiger partial charge in [-0.3, -0.25) is 0 Å². The molecule has 2 rings (SSSR count). The number of rotatable bonds is 2. The van der Waals surface area contributed by atoms with Gasteiger partial charge in [0.15, 0.2) is 14.7 Å². The quantitative estimate of drug-likeness (QED) is 0.721. The third-order valence-corrected chi connectivity index (χ3v) is 3.45. The molecular formula is C11H10O4S. The summed E-state index contributed by atoms with van der Waals surface area (Å²) in [6.07, 6.45) is 1.01. The third-order valence-electron chi connectivity index (χ3n) is 2.30. The number of carbonyl (C=O) groups excluding carboxylic acids is 1. The van der Waals surface area contributed by atoms with Crippen molar-refractivity contribution >= 4 is 21.4 Å². The van der Waals surface area contributed by atoms with Crippen molar-refractivity contribution in [3.8, 4) is 0 Å². The molecule has 0 saturated heterocycles. The van der Waals surface area contributed by atoms with Crippen LogP contribution in [0.4, 0.5) is 0 Å². The highest BCUT2D eigenvalue weighted by molar-refractivity contribution is 7.95. The number of benzene rings is 1. The fraction of sp³-hybridized carbons (Fsp3) is 0.182. The summed E-state index contributed by atoms with van der Waals surface area (Å²) in [7, 11) is -3.54. The average molecular weight is 238 g/mol. The summed E-state index contributed by atoms with van der Waals surface area (Å²) >= 11 is 0. The molecule has 0 atom stereocenters. The first-order valence-electron chi connectivity index (χ1n) is 4.66. The van der Waals surface area contributed by atoms with Gasteiger partial charge in [0.1, 0.15) is 6.61 Å². The van der Waals surface area contributed by atoms with Gasteiger partial charge in [-0.2, -0.15) is 0 Å². The zero-order valence-corrected chi connectivity index (χ0v) is 9.45. The van der Waals surface area contributed by atoms with Crippen molar-refractivity contribution in [3.63, 3.8) is 0 Å². The largest absolute Gasteiger partial charge is 0.457 e. The van der Waals surface area contributed by atoms with Gasteiger partial charge in [-0.25, -0.2) is 13.2 Å². The maximum atomic E-state index is 11.5. The number of hydrogen-bond donors (Lipinski definition) is 0. The summed E-state index contributed by atoms with van der Waals surface area (Å²) in [6, 6.07) is 8.89. The van der Waals surface area contributed by atoms with Crippen molar-refractivity contribution in [2.45, 2.75) is 0 Å². The van der Waals surface area contributed by atoms with Gasteiger partial charge in [-0.1, -0.05) is 30.3 Å². The van der Waals surface area contributed by atoms with E-state index in [9.17, 15) is 13.2 Å². The Kier molecular flexibility index (Phi) is 2.55. The summed E-state index contributed by atoms with van der Waals surface area (Å²) in [5, 5.41) is 0. The van der Waals surface area contributed by atoms with Crippen LogP contribution in [0, 0.1) is 0 Å². The number of sulfone groups is 1. The Labute approximate surface area is 93.5 Å². The zero-order valence-electron chi connectivity index (χ0n) is 8.64. The van der Waals surface area contributed by atoms with Crippen LogP contribution >= 0.6 is 0 Å². The Morgan fingerprint density at radius 1 is 1.19 bits per heavy atom. The Hall–Kier alpha value is -1.62. The predicted octanol–water partition coefficient (Wildman–Crippen LogP) is 0.999. The minimum Gasteiger partial charge on any atom is -0.457 e. The number of ether oxygens (including phenoxy) is 1. The van der Waals surface area contributed by atoms with Crippen LogP contribution in [0.15, 0.2) is 35.2 Å². The summed E-state index contributed by atoms with van der Waals surface area (Å²) in [4.78, 5) is 11.1. The Morgan fingerprint density at radius 2 is 1.81 bits per heavy atom. The second-order valence-electron chi connectivity index (χ2n) is 3.52. The van der Waals surface area contributed by atoms with E-state index in [1.807, 2.05) is 6.07 Å². The molecule has 0 amide bonds. The fourth-order valence-corrected chi connectivity index (χ4v) is 2.61. The number of carbonyl (C=O) groups is 1. The average Bonchev–Trinajstić information content (AvgIpc) is 2.61. The van der Waals surface area contributed by atoms with Crippen LogP contribution in [0.1, 0.15) is 5.56 Å². The monoisotopic (exact) mass is 238 g/mol. The van der Waals surface area contributed by atoms with Gasteiger partial charge >= 0.3 is 5.97 Å². The normalized spacial score (nSPS) is 16.4. The number of cyclic esters (lactones) is 1. The van der Waals surface area contributed by atoms with Crippen LogP contribution in [0.3, 0.4) is 0 Å². The molecule has 0 N–H and O–H groups in total. The summed E-state index contributed by atoms with van der Waals surface area (Å²) in [6.45, 7) is 0.0191. The maximum Gasteiger partial charge on any atom is 0.350 e. The molecule has 0 aliphatic carbocycles. The van der Waals surface area contributed by atoms with E-state index in [-0.39, 0.29) is 11.5 Å². The second-order valence-corrected chi connectivity index (χ2v) is 5.47. The van der Waals surface area contributed by atoms with Crippen molar-refractivity contribution < 1.29 is 17.9 Å². The predicted molar refractivity (Wildman–Crippen MR) is 59.2 cm³/mol. The Balaban J connectivity index is 2.63. The fourth-order valence-electron chi connectivity index (χ4n) is 1.62. The summed E-state index contributed by atoms with van der Waals surface area (Å²) in [5.41, 5.74) is 1.14. The molecular weight excluding hydrogens is 228 g/mol.